The summed E-state index contributed by atoms with van der Waals surface area (Å²) in [5.74, 6) is 1.53. The first-order valence-electron chi connectivity index (χ1n) is 7.11. The summed E-state index contributed by atoms with van der Waals surface area (Å²) in [5.41, 5.74) is 9.92. The Bertz CT molecular complexity index is 441. The first kappa shape index (κ1) is 14.4. The van der Waals surface area contributed by atoms with Crippen LogP contribution >= 0.6 is 0 Å². The Kier molecular flexibility index (Phi) is 4.48. The minimum atomic E-state index is -0.110. The monoisotopic (exact) mass is 263 g/mol. The number of nitrogens with two attached hydrogens (primary N) is 1. The maximum Gasteiger partial charge on any atom is 0.126 e. The van der Waals surface area contributed by atoms with E-state index in [0.29, 0.717) is 12.5 Å². The van der Waals surface area contributed by atoms with Gasteiger partial charge in [-0.15, -0.1) is 0 Å². The van der Waals surface area contributed by atoms with Crippen molar-refractivity contribution < 1.29 is 9.47 Å². The molecular weight excluding hydrogens is 238 g/mol. The largest absolute Gasteiger partial charge is 0.496 e. The van der Waals surface area contributed by atoms with Crippen molar-refractivity contribution in [2.24, 2.45) is 11.7 Å². The number of methoxy groups -OCH3 is 1. The van der Waals surface area contributed by atoms with Gasteiger partial charge >= 0.3 is 0 Å². The van der Waals surface area contributed by atoms with Crippen LogP contribution in [0.1, 0.15) is 42.5 Å². The molecule has 1 aromatic rings. The second-order valence-corrected chi connectivity index (χ2v) is 5.41. The van der Waals surface area contributed by atoms with E-state index >= 15 is 0 Å². The molecule has 0 saturated heterocycles. The lowest BCUT2D eigenvalue weighted by Gasteiger charge is -2.26. The molecule has 0 bridgehead atoms. The van der Waals surface area contributed by atoms with E-state index in [4.69, 9.17) is 15.2 Å². The van der Waals surface area contributed by atoms with Crippen LogP contribution in [0, 0.1) is 19.8 Å². The molecule has 0 aromatic heterocycles. The average Bonchev–Trinajstić information content (AvgIpc) is 3.22. The summed E-state index contributed by atoms with van der Waals surface area (Å²) in [7, 11) is 1.71. The van der Waals surface area contributed by atoms with Crippen molar-refractivity contribution in [1.29, 1.82) is 0 Å². The molecule has 2 unspecified atom stereocenters. The Hall–Kier alpha value is -1.06. The van der Waals surface area contributed by atoms with Gasteiger partial charge < -0.3 is 15.2 Å². The molecule has 0 radical (unpaired) electrons. The highest BCUT2D eigenvalue weighted by atomic mass is 16.5. The number of benzene rings is 1. The van der Waals surface area contributed by atoms with Gasteiger partial charge in [0.05, 0.1) is 19.3 Å². The molecule has 0 spiro atoms. The molecule has 1 fully saturated rings. The van der Waals surface area contributed by atoms with E-state index in [2.05, 4.69) is 26.0 Å². The normalized spacial score (nSPS) is 18.2. The van der Waals surface area contributed by atoms with Crippen molar-refractivity contribution >= 4 is 0 Å². The Labute approximate surface area is 116 Å². The third-order valence-electron chi connectivity index (χ3n) is 4.07. The Morgan fingerprint density at radius 2 is 2.00 bits per heavy atom. The second-order valence-electron chi connectivity index (χ2n) is 5.41. The van der Waals surface area contributed by atoms with E-state index in [9.17, 15) is 0 Å². The van der Waals surface area contributed by atoms with E-state index in [1.165, 1.54) is 24.0 Å². The average molecular weight is 263 g/mol. The number of rotatable bonds is 6. The lowest BCUT2D eigenvalue weighted by molar-refractivity contribution is 0.0277. The molecule has 19 heavy (non-hydrogen) atoms. The lowest BCUT2D eigenvalue weighted by atomic mass is 9.94. The van der Waals surface area contributed by atoms with Crippen molar-refractivity contribution in [1.82, 2.24) is 0 Å². The van der Waals surface area contributed by atoms with Gasteiger partial charge in [0.2, 0.25) is 0 Å². The molecule has 2 rings (SSSR count). The Morgan fingerprint density at radius 1 is 1.32 bits per heavy atom. The van der Waals surface area contributed by atoms with Crippen LogP contribution in [-0.2, 0) is 4.74 Å². The van der Waals surface area contributed by atoms with Crippen LogP contribution in [0.5, 0.6) is 5.75 Å². The fraction of sp³-hybridized carbons (Fsp3) is 0.625. The van der Waals surface area contributed by atoms with Crippen LogP contribution in [0.25, 0.3) is 0 Å². The van der Waals surface area contributed by atoms with Gasteiger partial charge in [0.25, 0.3) is 0 Å². The Balaban J connectivity index is 2.31. The molecule has 0 amide bonds. The number of hydrogen-bond acceptors (Lipinski definition) is 3. The zero-order valence-electron chi connectivity index (χ0n) is 12.4. The van der Waals surface area contributed by atoms with Crippen LogP contribution in [0.15, 0.2) is 12.1 Å². The van der Waals surface area contributed by atoms with Crippen LogP contribution in [0.2, 0.25) is 0 Å². The summed E-state index contributed by atoms with van der Waals surface area (Å²) in [6.07, 6.45) is 2.57. The number of hydrogen-bond donors (Lipinski definition) is 1. The SMILES string of the molecule is CCOC(C1CC1)C(N)c1ccc(C)c(C)c1OC. The van der Waals surface area contributed by atoms with Crippen LogP contribution < -0.4 is 10.5 Å². The predicted molar refractivity (Wildman–Crippen MR) is 77.5 cm³/mol. The van der Waals surface area contributed by atoms with E-state index in [1.54, 1.807) is 7.11 Å². The van der Waals surface area contributed by atoms with Crippen LogP contribution in [0.4, 0.5) is 0 Å². The summed E-state index contributed by atoms with van der Waals surface area (Å²) in [5, 5.41) is 0. The van der Waals surface area contributed by atoms with Crippen molar-refractivity contribution in [3.05, 3.63) is 28.8 Å². The molecule has 1 aliphatic carbocycles. The smallest absolute Gasteiger partial charge is 0.126 e. The quantitative estimate of drug-likeness (QED) is 0.857. The molecule has 1 aliphatic rings. The van der Waals surface area contributed by atoms with Crippen molar-refractivity contribution in [3.63, 3.8) is 0 Å². The minimum absolute atomic E-state index is 0.110. The van der Waals surface area contributed by atoms with Gasteiger partial charge in [-0.3, -0.25) is 0 Å². The topological polar surface area (TPSA) is 44.5 Å². The molecule has 1 aromatic carbocycles. The predicted octanol–water partition coefficient (Wildman–Crippen LogP) is 3.13. The van der Waals surface area contributed by atoms with Crippen molar-refractivity contribution in [2.45, 2.75) is 45.8 Å². The van der Waals surface area contributed by atoms with Gasteiger partial charge in [0, 0.05) is 12.2 Å². The first-order valence-corrected chi connectivity index (χ1v) is 7.11. The van der Waals surface area contributed by atoms with E-state index < -0.39 is 0 Å². The van der Waals surface area contributed by atoms with E-state index in [-0.39, 0.29) is 12.1 Å². The third kappa shape index (κ3) is 2.93. The highest BCUT2D eigenvalue weighted by molar-refractivity contribution is 5.47. The second kappa shape index (κ2) is 5.93. The number of aryl methyl sites for hydroxylation is 1. The van der Waals surface area contributed by atoms with Crippen molar-refractivity contribution in [2.75, 3.05) is 13.7 Å². The highest BCUT2D eigenvalue weighted by Gasteiger charge is 2.37. The molecule has 0 aliphatic heterocycles. The molecular formula is C16H25NO2. The number of ether oxygens (including phenoxy) is 2. The maximum absolute atomic E-state index is 6.46. The van der Waals surface area contributed by atoms with Gasteiger partial charge in [-0.1, -0.05) is 12.1 Å². The summed E-state index contributed by atoms with van der Waals surface area (Å²) >= 11 is 0. The van der Waals surface area contributed by atoms with Gasteiger partial charge in [0.15, 0.2) is 0 Å². The van der Waals surface area contributed by atoms with Gasteiger partial charge in [-0.05, 0) is 50.7 Å². The molecule has 0 heterocycles. The third-order valence-corrected chi connectivity index (χ3v) is 4.07. The molecule has 106 valence electrons. The first-order chi connectivity index (χ1) is 9.10. The Morgan fingerprint density at radius 3 is 2.53 bits per heavy atom. The zero-order chi connectivity index (χ0) is 14.0. The minimum Gasteiger partial charge on any atom is -0.496 e. The summed E-state index contributed by atoms with van der Waals surface area (Å²) in [6, 6.07) is 4.09. The van der Waals surface area contributed by atoms with Gasteiger partial charge in [-0.25, -0.2) is 0 Å². The van der Waals surface area contributed by atoms with Crippen molar-refractivity contribution in [3.8, 4) is 5.75 Å². The summed E-state index contributed by atoms with van der Waals surface area (Å²) in [4.78, 5) is 0. The van der Waals surface area contributed by atoms with E-state index in [1.807, 2.05) is 6.92 Å². The van der Waals surface area contributed by atoms with Crippen LogP contribution in [0.3, 0.4) is 0 Å². The highest BCUT2D eigenvalue weighted by Crippen LogP contribution is 2.41. The molecule has 1 saturated carbocycles. The summed E-state index contributed by atoms with van der Waals surface area (Å²) < 4.78 is 11.4. The fourth-order valence-corrected chi connectivity index (χ4v) is 2.67. The maximum atomic E-state index is 6.46. The zero-order valence-corrected chi connectivity index (χ0v) is 12.4. The van der Waals surface area contributed by atoms with Crippen LogP contribution in [-0.4, -0.2) is 19.8 Å². The molecule has 2 N–H and O–H groups in total. The summed E-state index contributed by atoms with van der Waals surface area (Å²) in [6.45, 7) is 6.91. The standard InChI is InChI=1S/C16H25NO2/c1-5-19-16(12-7-8-12)14(17)13-9-6-10(2)11(3)15(13)18-4/h6,9,12,14,16H,5,7-8,17H2,1-4H3. The fourth-order valence-electron chi connectivity index (χ4n) is 2.67. The van der Waals surface area contributed by atoms with Gasteiger partial charge in [-0.2, -0.15) is 0 Å². The molecule has 3 nitrogen and oxygen atoms in total. The lowest BCUT2D eigenvalue weighted by Crippen LogP contribution is -2.31. The van der Waals surface area contributed by atoms with E-state index in [0.717, 1.165) is 11.3 Å². The molecule has 2 atom stereocenters. The van der Waals surface area contributed by atoms with Gasteiger partial charge in [0.1, 0.15) is 5.75 Å². The molecule has 3 heteroatoms.